The van der Waals surface area contributed by atoms with Gasteiger partial charge in [-0.3, -0.25) is 14.4 Å². The van der Waals surface area contributed by atoms with Crippen LogP contribution in [0.25, 0.3) is 0 Å². The number of benzene rings is 1. The first-order valence-electron chi connectivity index (χ1n) is 10.8. The van der Waals surface area contributed by atoms with Crippen LogP contribution < -0.4 is 16.4 Å². The zero-order chi connectivity index (χ0) is 24.4. The molecular formula is C22H32N4O6S. The van der Waals surface area contributed by atoms with E-state index in [9.17, 15) is 24.3 Å². The number of carboxylic acid groups (broad SMARTS) is 1. The van der Waals surface area contributed by atoms with Crippen LogP contribution in [-0.4, -0.2) is 88.1 Å². The van der Waals surface area contributed by atoms with Gasteiger partial charge in [-0.25, -0.2) is 4.79 Å². The third kappa shape index (κ3) is 7.72. The number of thioether (sulfide) groups is 1. The van der Waals surface area contributed by atoms with Gasteiger partial charge in [-0.15, -0.1) is 0 Å². The monoisotopic (exact) mass is 480 g/mol. The molecule has 1 aromatic rings. The molecule has 1 fully saturated rings. The Hall–Kier alpha value is -2.63. The summed E-state index contributed by atoms with van der Waals surface area (Å²) in [5, 5.41) is 23.9. The number of hydrogen-bond acceptors (Lipinski definition) is 7. The molecule has 2 rings (SSSR count). The molecule has 6 N–H and O–H groups in total. The number of hydrogen-bond donors (Lipinski definition) is 5. The van der Waals surface area contributed by atoms with E-state index in [1.807, 2.05) is 36.6 Å². The van der Waals surface area contributed by atoms with E-state index in [-0.39, 0.29) is 6.42 Å². The molecule has 0 bridgehead atoms. The zero-order valence-corrected chi connectivity index (χ0v) is 19.4. The third-order valence-corrected chi connectivity index (χ3v) is 6.14. The van der Waals surface area contributed by atoms with Crippen LogP contribution in [0.5, 0.6) is 0 Å². The summed E-state index contributed by atoms with van der Waals surface area (Å²) < 4.78 is 0. The molecule has 0 saturated carbocycles. The zero-order valence-electron chi connectivity index (χ0n) is 18.6. The highest BCUT2D eigenvalue weighted by Crippen LogP contribution is 2.20. The molecule has 10 nitrogen and oxygen atoms in total. The Morgan fingerprint density at radius 3 is 2.42 bits per heavy atom. The van der Waals surface area contributed by atoms with Crippen molar-refractivity contribution in [3.63, 3.8) is 0 Å². The van der Waals surface area contributed by atoms with Gasteiger partial charge in [-0.2, -0.15) is 11.8 Å². The standard InChI is InChI=1S/C22H32N4O6S/c1-33-11-9-16(24-19(28)15(23)13-27)20(29)25-17(12-14-6-3-2-4-7-14)21(30)26-10-5-8-18(26)22(31)32/h2-4,6-7,15-18,27H,5,8-13,23H2,1H3,(H,24,28)(H,25,29)(H,31,32). The fourth-order valence-corrected chi connectivity index (χ4v) is 4.15. The van der Waals surface area contributed by atoms with Crippen molar-refractivity contribution in [2.75, 3.05) is 25.2 Å². The summed E-state index contributed by atoms with van der Waals surface area (Å²) in [6.45, 7) is -0.266. The van der Waals surface area contributed by atoms with Crippen LogP contribution in [-0.2, 0) is 25.6 Å². The number of carboxylic acids is 1. The van der Waals surface area contributed by atoms with Crippen LogP contribution in [0.4, 0.5) is 0 Å². The fourth-order valence-electron chi connectivity index (χ4n) is 3.68. The van der Waals surface area contributed by atoms with Crippen molar-refractivity contribution in [3.8, 4) is 0 Å². The van der Waals surface area contributed by atoms with Crippen LogP contribution in [0.2, 0.25) is 0 Å². The van der Waals surface area contributed by atoms with E-state index >= 15 is 0 Å². The normalized spacial score (nSPS) is 18.3. The minimum absolute atomic E-state index is 0.174. The molecule has 0 spiro atoms. The first kappa shape index (κ1) is 26.6. The molecule has 1 heterocycles. The Bertz CT molecular complexity index is 824. The number of nitrogens with one attached hydrogen (secondary N) is 2. The number of nitrogens with zero attached hydrogens (tertiary/aromatic N) is 1. The number of nitrogens with two attached hydrogens (primary N) is 1. The molecule has 0 radical (unpaired) electrons. The summed E-state index contributed by atoms with van der Waals surface area (Å²) in [5.74, 6) is -2.22. The maximum absolute atomic E-state index is 13.3. The number of likely N-dealkylation sites (tertiary alicyclic amines) is 1. The minimum Gasteiger partial charge on any atom is -0.480 e. The van der Waals surface area contributed by atoms with Crippen molar-refractivity contribution >= 4 is 35.5 Å². The Morgan fingerprint density at radius 2 is 1.82 bits per heavy atom. The molecule has 182 valence electrons. The molecular weight excluding hydrogens is 448 g/mol. The number of aliphatic hydroxyl groups is 1. The molecule has 1 aliphatic rings. The van der Waals surface area contributed by atoms with E-state index in [2.05, 4.69) is 10.6 Å². The van der Waals surface area contributed by atoms with Gasteiger partial charge in [0.2, 0.25) is 17.7 Å². The molecule has 0 aromatic heterocycles. The fraction of sp³-hybridized carbons (Fsp3) is 0.545. The Balaban J connectivity index is 2.23. The second-order valence-electron chi connectivity index (χ2n) is 7.91. The van der Waals surface area contributed by atoms with Crippen molar-refractivity contribution in [2.45, 2.75) is 49.9 Å². The molecule has 1 saturated heterocycles. The molecule has 11 heteroatoms. The van der Waals surface area contributed by atoms with Gasteiger partial charge in [-0.05, 0) is 36.8 Å². The van der Waals surface area contributed by atoms with Gasteiger partial charge < -0.3 is 31.5 Å². The molecule has 3 amide bonds. The summed E-state index contributed by atoms with van der Waals surface area (Å²) in [4.78, 5) is 51.5. The largest absolute Gasteiger partial charge is 0.480 e. The maximum Gasteiger partial charge on any atom is 0.326 e. The maximum atomic E-state index is 13.3. The van der Waals surface area contributed by atoms with Gasteiger partial charge >= 0.3 is 5.97 Å². The predicted molar refractivity (Wildman–Crippen MR) is 124 cm³/mol. The predicted octanol–water partition coefficient (Wildman–Crippen LogP) is -0.653. The van der Waals surface area contributed by atoms with E-state index in [0.717, 1.165) is 5.56 Å². The molecule has 33 heavy (non-hydrogen) atoms. The highest BCUT2D eigenvalue weighted by atomic mass is 32.2. The molecule has 1 aliphatic heterocycles. The average Bonchev–Trinajstić information content (AvgIpc) is 3.31. The summed E-state index contributed by atoms with van der Waals surface area (Å²) in [7, 11) is 0. The van der Waals surface area contributed by atoms with Gasteiger partial charge in [0.25, 0.3) is 0 Å². The lowest BCUT2D eigenvalue weighted by molar-refractivity contribution is -0.149. The number of carbonyl (C=O) groups excluding carboxylic acids is 3. The van der Waals surface area contributed by atoms with E-state index in [1.165, 1.54) is 16.7 Å². The lowest BCUT2D eigenvalue weighted by Crippen LogP contribution is -2.58. The second kappa shape index (κ2) is 13.2. The Morgan fingerprint density at radius 1 is 1.15 bits per heavy atom. The van der Waals surface area contributed by atoms with Gasteiger partial charge in [0.15, 0.2) is 0 Å². The average molecular weight is 481 g/mol. The first-order chi connectivity index (χ1) is 15.8. The summed E-state index contributed by atoms with van der Waals surface area (Å²) in [6, 6.07) is 5.04. The smallest absolute Gasteiger partial charge is 0.326 e. The number of aliphatic carboxylic acids is 1. The molecule has 4 unspecified atom stereocenters. The summed E-state index contributed by atoms with van der Waals surface area (Å²) in [5.41, 5.74) is 6.36. The summed E-state index contributed by atoms with van der Waals surface area (Å²) in [6.07, 6.45) is 3.26. The molecule has 0 aliphatic carbocycles. The van der Waals surface area contributed by atoms with Crippen LogP contribution in [0, 0.1) is 0 Å². The summed E-state index contributed by atoms with van der Waals surface area (Å²) >= 11 is 1.49. The van der Waals surface area contributed by atoms with E-state index in [1.54, 1.807) is 0 Å². The van der Waals surface area contributed by atoms with Crippen LogP contribution >= 0.6 is 11.8 Å². The van der Waals surface area contributed by atoms with Crippen molar-refractivity contribution in [2.24, 2.45) is 5.73 Å². The van der Waals surface area contributed by atoms with Gasteiger partial charge in [0, 0.05) is 13.0 Å². The van der Waals surface area contributed by atoms with E-state index < -0.39 is 54.5 Å². The minimum atomic E-state index is -1.17. The topological polar surface area (TPSA) is 162 Å². The van der Waals surface area contributed by atoms with Gasteiger partial charge in [-0.1, -0.05) is 30.3 Å². The Labute approximate surface area is 197 Å². The quantitative estimate of drug-likeness (QED) is 0.263. The lowest BCUT2D eigenvalue weighted by atomic mass is 10.0. The SMILES string of the molecule is CSCCC(NC(=O)C(N)CO)C(=O)NC(Cc1ccccc1)C(=O)N1CCCC1C(=O)O. The van der Waals surface area contributed by atoms with Crippen LogP contribution in [0.15, 0.2) is 30.3 Å². The van der Waals surface area contributed by atoms with E-state index in [4.69, 9.17) is 10.8 Å². The second-order valence-corrected chi connectivity index (χ2v) is 8.90. The van der Waals surface area contributed by atoms with Crippen LogP contribution in [0.3, 0.4) is 0 Å². The number of amides is 3. The lowest BCUT2D eigenvalue weighted by Gasteiger charge is -2.29. The number of carbonyl (C=O) groups is 4. The van der Waals surface area contributed by atoms with Crippen molar-refractivity contribution < 1.29 is 29.4 Å². The van der Waals surface area contributed by atoms with E-state index in [0.29, 0.717) is 31.6 Å². The van der Waals surface area contributed by atoms with Gasteiger partial charge in [0.05, 0.1) is 6.61 Å². The third-order valence-electron chi connectivity index (χ3n) is 5.50. The number of aliphatic hydroxyl groups excluding tert-OH is 1. The first-order valence-corrected chi connectivity index (χ1v) is 12.2. The van der Waals surface area contributed by atoms with Crippen molar-refractivity contribution in [3.05, 3.63) is 35.9 Å². The van der Waals surface area contributed by atoms with Crippen molar-refractivity contribution in [1.82, 2.24) is 15.5 Å². The highest BCUT2D eigenvalue weighted by Gasteiger charge is 2.38. The van der Waals surface area contributed by atoms with Crippen LogP contribution in [0.1, 0.15) is 24.8 Å². The van der Waals surface area contributed by atoms with Crippen molar-refractivity contribution in [1.29, 1.82) is 0 Å². The Kier molecular flexibility index (Phi) is 10.6. The van der Waals surface area contributed by atoms with Gasteiger partial charge in [0.1, 0.15) is 24.2 Å². The highest BCUT2D eigenvalue weighted by molar-refractivity contribution is 7.98. The molecule has 4 atom stereocenters. The molecule has 1 aromatic carbocycles. The number of rotatable bonds is 12.